The van der Waals surface area contributed by atoms with Crippen molar-refractivity contribution >= 4 is 15.9 Å². The Morgan fingerprint density at radius 1 is 1.41 bits per heavy atom. The molecular formula is C14H21BrN2. The number of likely N-dealkylation sites (tertiary alicyclic amines) is 1. The normalized spacial score (nSPS) is 20.9. The van der Waals surface area contributed by atoms with Gasteiger partial charge in [0.05, 0.1) is 0 Å². The molecule has 0 bridgehead atoms. The Kier molecular flexibility index (Phi) is 5.01. The molecule has 1 heterocycles. The van der Waals surface area contributed by atoms with Crippen LogP contribution >= 0.6 is 15.9 Å². The molecule has 3 heteroatoms. The summed E-state index contributed by atoms with van der Waals surface area (Å²) in [6, 6.07) is 9.16. The Bertz CT molecular complexity index is 354. The summed E-state index contributed by atoms with van der Waals surface area (Å²) in [4.78, 5) is 2.58. The molecule has 1 aromatic rings. The minimum atomic E-state index is 0.738. The third kappa shape index (κ3) is 3.54. The Morgan fingerprint density at radius 3 is 3.00 bits per heavy atom. The second-order valence-electron chi connectivity index (χ2n) is 4.65. The van der Waals surface area contributed by atoms with Crippen LogP contribution in [-0.2, 0) is 6.54 Å². The fourth-order valence-corrected chi connectivity index (χ4v) is 2.98. The van der Waals surface area contributed by atoms with E-state index in [1.165, 1.54) is 36.0 Å². The van der Waals surface area contributed by atoms with Gasteiger partial charge in [-0.05, 0) is 37.6 Å². The molecule has 1 fully saturated rings. The van der Waals surface area contributed by atoms with E-state index in [4.69, 9.17) is 0 Å². The zero-order chi connectivity index (χ0) is 12.1. The van der Waals surface area contributed by atoms with E-state index in [-0.39, 0.29) is 0 Å². The van der Waals surface area contributed by atoms with Crippen LogP contribution < -0.4 is 5.32 Å². The monoisotopic (exact) mass is 296 g/mol. The van der Waals surface area contributed by atoms with Crippen LogP contribution in [0.15, 0.2) is 28.7 Å². The highest BCUT2D eigenvalue weighted by Gasteiger charge is 2.21. The van der Waals surface area contributed by atoms with Gasteiger partial charge in [0.2, 0.25) is 0 Å². The molecule has 1 aromatic carbocycles. The number of hydrogen-bond donors (Lipinski definition) is 1. The van der Waals surface area contributed by atoms with Crippen molar-refractivity contribution in [3.63, 3.8) is 0 Å². The topological polar surface area (TPSA) is 15.3 Å². The van der Waals surface area contributed by atoms with Gasteiger partial charge in [-0.1, -0.05) is 41.1 Å². The highest BCUT2D eigenvalue weighted by molar-refractivity contribution is 9.10. The minimum absolute atomic E-state index is 0.738. The van der Waals surface area contributed by atoms with Gasteiger partial charge in [0.15, 0.2) is 0 Å². The average Bonchev–Trinajstić information content (AvgIpc) is 2.79. The molecule has 1 N–H and O–H groups in total. The van der Waals surface area contributed by atoms with Gasteiger partial charge < -0.3 is 5.32 Å². The summed E-state index contributed by atoms with van der Waals surface area (Å²) >= 11 is 3.59. The van der Waals surface area contributed by atoms with Gasteiger partial charge in [0.25, 0.3) is 0 Å². The quantitative estimate of drug-likeness (QED) is 0.898. The third-order valence-electron chi connectivity index (χ3n) is 3.56. The largest absolute Gasteiger partial charge is 0.311 e. The van der Waals surface area contributed by atoms with Crippen molar-refractivity contribution < 1.29 is 0 Å². The molecule has 0 aliphatic carbocycles. The van der Waals surface area contributed by atoms with Crippen molar-refractivity contribution in [2.45, 2.75) is 32.4 Å². The lowest BCUT2D eigenvalue weighted by Gasteiger charge is -2.23. The molecule has 94 valence electrons. The molecule has 17 heavy (non-hydrogen) atoms. The third-order valence-corrected chi connectivity index (χ3v) is 4.33. The van der Waals surface area contributed by atoms with E-state index in [9.17, 15) is 0 Å². The maximum atomic E-state index is 3.59. The van der Waals surface area contributed by atoms with Crippen LogP contribution in [-0.4, -0.2) is 30.6 Å². The van der Waals surface area contributed by atoms with Crippen molar-refractivity contribution in [2.24, 2.45) is 0 Å². The first-order valence-electron chi connectivity index (χ1n) is 6.49. The van der Waals surface area contributed by atoms with Gasteiger partial charge in [0.1, 0.15) is 0 Å². The fraction of sp³-hybridized carbons (Fsp3) is 0.571. The lowest BCUT2D eigenvalue weighted by Crippen LogP contribution is -2.37. The smallest absolute Gasteiger partial charge is 0.0221 e. The molecule has 0 aromatic heterocycles. The lowest BCUT2D eigenvalue weighted by atomic mass is 10.2. The molecule has 1 aliphatic rings. The summed E-state index contributed by atoms with van der Waals surface area (Å²) in [5.74, 6) is 0. The van der Waals surface area contributed by atoms with E-state index in [1.807, 2.05) is 0 Å². The van der Waals surface area contributed by atoms with E-state index < -0.39 is 0 Å². The van der Waals surface area contributed by atoms with E-state index in [0.717, 1.165) is 19.1 Å². The zero-order valence-corrected chi connectivity index (χ0v) is 12.0. The average molecular weight is 297 g/mol. The number of benzene rings is 1. The van der Waals surface area contributed by atoms with Crippen LogP contribution in [0.3, 0.4) is 0 Å². The van der Waals surface area contributed by atoms with Gasteiger partial charge in [-0.25, -0.2) is 0 Å². The first-order chi connectivity index (χ1) is 8.31. The minimum Gasteiger partial charge on any atom is -0.311 e. The summed E-state index contributed by atoms with van der Waals surface area (Å²) in [6.45, 7) is 6.77. The van der Waals surface area contributed by atoms with Crippen LogP contribution in [0, 0.1) is 0 Å². The van der Waals surface area contributed by atoms with Gasteiger partial charge in [0, 0.05) is 23.6 Å². The summed E-state index contributed by atoms with van der Waals surface area (Å²) < 4.78 is 1.20. The Labute approximate surface area is 113 Å². The highest BCUT2D eigenvalue weighted by atomic mass is 79.9. The molecule has 1 saturated heterocycles. The van der Waals surface area contributed by atoms with Gasteiger partial charge in [-0.15, -0.1) is 0 Å². The molecule has 1 aliphatic heterocycles. The molecule has 0 saturated carbocycles. The van der Waals surface area contributed by atoms with Crippen molar-refractivity contribution in [1.29, 1.82) is 0 Å². The SMILES string of the molecule is CCN1CCCC1CNCc1ccccc1Br. The molecule has 0 spiro atoms. The summed E-state index contributed by atoms with van der Waals surface area (Å²) in [5.41, 5.74) is 1.34. The number of halogens is 1. The van der Waals surface area contributed by atoms with E-state index >= 15 is 0 Å². The van der Waals surface area contributed by atoms with Crippen LogP contribution in [0.4, 0.5) is 0 Å². The summed E-state index contributed by atoms with van der Waals surface area (Å²) in [6.07, 6.45) is 2.70. The number of hydrogen-bond acceptors (Lipinski definition) is 2. The van der Waals surface area contributed by atoms with Crippen LogP contribution in [0.2, 0.25) is 0 Å². The molecule has 1 unspecified atom stereocenters. The number of likely N-dealkylation sites (N-methyl/N-ethyl adjacent to an activating group) is 1. The van der Waals surface area contributed by atoms with Crippen molar-refractivity contribution in [3.05, 3.63) is 34.3 Å². The molecular weight excluding hydrogens is 276 g/mol. The predicted molar refractivity (Wildman–Crippen MR) is 76.1 cm³/mol. The van der Waals surface area contributed by atoms with Gasteiger partial charge in [-0.2, -0.15) is 0 Å². The summed E-state index contributed by atoms with van der Waals surface area (Å²) in [7, 11) is 0. The second-order valence-corrected chi connectivity index (χ2v) is 5.50. The Hall–Kier alpha value is -0.380. The lowest BCUT2D eigenvalue weighted by molar-refractivity contribution is 0.260. The molecule has 0 radical (unpaired) electrons. The summed E-state index contributed by atoms with van der Waals surface area (Å²) in [5, 5.41) is 3.58. The van der Waals surface area contributed by atoms with Crippen molar-refractivity contribution in [2.75, 3.05) is 19.6 Å². The fourth-order valence-electron chi connectivity index (χ4n) is 2.56. The molecule has 1 atom stereocenters. The van der Waals surface area contributed by atoms with Crippen LogP contribution in [0.5, 0.6) is 0 Å². The number of nitrogens with one attached hydrogen (secondary N) is 1. The molecule has 2 rings (SSSR count). The Balaban J connectivity index is 1.78. The second kappa shape index (κ2) is 6.53. The maximum Gasteiger partial charge on any atom is 0.0221 e. The first-order valence-corrected chi connectivity index (χ1v) is 7.28. The van der Waals surface area contributed by atoms with Crippen LogP contribution in [0.25, 0.3) is 0 Å². The van der Waals surface area contributed by atoms with Crippen LogP contribution in [0.1, 0.15) is 25.3 Å². The zero-order valence-electron chi connectivity index (χ0n) is 10.5. The van der Waals surface area contributed by atoms with Crippen molar-refractivity contribution in [3.8, 4) is 0 Å². The highest BCUT2D eigenvalue weighted by Crippen LogP contribution is 2.17. The predicted octanol–water partition coefficient (Wildman–Crippen LogP) is 3.02. The molecule has 2 nitrogen and oxygen atoms in total. The van der Waals surface area contributed by atoms with Gasteiger partial charge in [-0.3, -0.25) is 4.90 Å². The number of rotatable bonds is 5. The van der Waals surface area contributed by atoms with E-state index in [0.29, 0.717) is 0 Å². The van der Waals surface area contributed by atoms with Gasteiger partial charge >= 0.3 is 0 Å². The molecule has 0 amide bonds. The Morgan fingerprint density at radius 2 is 2.24 bits per heavy atom. The maximum absolute atomic E-state index is 3.59. The van der Waals surface area contributed by atoms with E-state index in [2.05, 4.69) is 57.3 Å². The van der Waals surface area contributed by atoms with E-state index in [1.54, 1.807) is 0 Å². The number of nitrogens with zero attached hydrogens (tertiary/aromatic N) is 1. The standard InChI is InChI=1S/C14H21BrN2/c1-2-17-9-5-7-13(17)11-16-10-12-6-3-4-8-14(12)15/h3-4,6,8,13,16H,2,5,7,9-11H2,1H3. The van der Waals surface area contributed by atoms with Crippen molar-refractivity contribution in [1.82, 2.24) is 10.2 Å². The first kappa shape index (κ1) is 13.1.